The maximum Gasteiger partial charge on any atom is 0.341 e. The minimum absolute atomic E-state index is 0.0618. The third-order valence-corrected chi connectivity index (χ3v) is 5.07. The van der Waals surface area contributed by atoms with Crippen LogP contribution in [-0.2, 0) is 9.53 Å². The van der Waals surface area contributed by atoms with Crippen LogP contribution in [-0.4, -0.2) is 35.9 Å². The minimum atomic E-state index is -1.07. The predicted molar refractivity (Wildman–Crippen MR) is 96.6 cm³/mol. The third kappa shape index (κ3) is 4.13. The van der Waals surface area contributed by atoms with Crippen molar-refractivity contribution in [3.05, 3.63) is 35.5 Å². The van der Waals surface area contributed by atoms with Gasteiger partial charge in [0, 0.05) is 11.5 Å². The third-order valence-electron chi connectivity index (χ3n) is 5.07. The molecule has 1 N–H and O–H groups in total. The summed E-state index contributed by atoms with van der Waals surface area (Å²) in [6.07, 6.45) is 3.90. The van der Waals surface area contributed by atoms with Gasteiger partial charge in [-0.05, 0) is 44.0 Å². The molecule has 7 heteroatoms. The monoisotopic (exact) mass is 373 g/mol. The Morgan fingerprint density at radius 2 is 1.93 bits per heavy atom. The highest BCUT2D eigenvalue weighted by molar-refractivity contribution is 5.95. The van der Waals surface area contributed by atoms with Crippen LogP contribution in [0.15, 0.2) is 28.8 Å². The molecule has 1 fully saturated rings. The van der Waals surface area contributed by atoms with Crippen LogP contribution in [0.2, 0.25) is 0 Å². The molecule has 0 saturated heterocycles. The highest BCUT2D eigenvalue weighted by Gasteiger charge is 2.32. The van der Waals surface area contributed by atoms with E-state index in [-0.39, 0.29) is 29.1 Å². The Labute approximate surface area is 157 Å². The summed E-state index contributed by atoms with van der Waals surface area (Å²) in [5.74, 6) is -0.332. The summed E-state index contributed by atoms with van der Waals surface area (Å²) in [6.45, 7) is 2.04. The Morgan fingerprint density at radius 3 is 2.59 bits per heavy atom. The fraction of sp³-hybridized carbons (Fsp3) is 0.450. The number of carbonyl (C=O) groups is 2. The molecule has 2 aromatic rings. The summed E-state index contributed by atoms with van der Waals surface area (Å²) in [5, 5.41) is 13.0. The van der Waals surface area contributed by atoms with Gasteiger partial charge in [0.1, 0.15) is 11.3 Å². The molecule has 0 radical (unpaired) electrons. The zero-order chi connectivity index (χ0) is 19.4. The molecule has 1 aromatic heterocycles. The van der Waals surface area contributed by atoms with E-state index in [0.717, 1.165) is 25.7 Å². The van der Waals surface area contributed by atoms with Crippen LogP contribution in [0.4, 0.5) is 0 Å². The number of rotatable bonds is 6. The molecule has 0 amide bonds. The van der Waals surface area contributed by atoms with Gasteiger partial charge >= 0.3 is 11.9 Å². The first-order valence-electron chi connectivity index (χ1n) is 9.02. The van der Waals surface area contributed by atoms with Gasteiger partial charge in [-0.1, -0.05) is 18.0 Å². The fourth-order valence-electron chi connectivity index (χ4n) is 3.59. The Bertz CT molecular complexity index is 810. The number of ether oxygens (including phenoxy) is 2. The van der Waals surface area contributed by atoms with E-state index in [4.69, 9.17) is 14.0 Å². The first-order valence-corrected chi connectivity index (χ1v) is 9.02. The molecule has 3 rings (SSSR count). The average Bonchev–Trinajstić information content (AvgIpc) is 3.08. The van der Waals surface area contributed by atoms with Crippen LogP contribution < -0.4 is 4.74 Å². The molecule has 1 saturated carbocycles. The Balaban J connectivity index is 1.68. The second kappa shape index (κ2) is 8.24. The Hall–Kier alpha value is -2.83. The molecule has 1 heterocycles. The molecule has 0 bridgehead atoms. The van der Waals surface area contributed by atoms with Gasteiger partial charge in [0.2, 0.25) is 0 Å². The quantitative estimate of drug-likeness (QED) is 0.771. The normalized spacial score (nSPS) is 19.5. The largest absolute Gasteiger partial charge is 0.493 e. The molecule has 27 heavy (non-hydrogen) atoms. The Morgan fingerprint density at radius 1 is 1.22 bits per heavy atom. The maximum atomic E-state index is 11.9. The van der Waals surface area contributed by atoms with Crippen LogP contribution in [0.25, 0.3) is 11.3 Å². The number of nitrogens with zero attached hydrogens (tertiary/aromatic N) is 1. The molecule has 1 aliphatic rings. The van der Waals surface area contributed by atoms with Crippen LogP contribution in [0, 0.1) is 18.8 Å². The number of carboxylic acid groups (broad SMARTS) is 1. The lowest BCUT2D eigenvalue weighted by atomic mass is 9.80. The molecular weight excluding hydrogens is 350 g/mol. The van der Waals surface area contributed by atoms with E-state index < -0.39 is 5.97 Å². The summed E-state index contributed by atoms with van der Waals surface area (Å²) < 4.78 is 16.0. The summed E-state index contributed by atoms with van der Waals surface area (Å²) in [4.78, 5) is 23.3. The van der Waals surface area contributed by atoms with E-state index in [1.807, 2.05) is 0 Å². The zero-order valence-electron chi connectivity index (χ0n) is 15.4. The SMILES string of the molecule is COC(=O)[C@H]1CCCC[C@@H]1COc1ccc(-c2onc(C)c2C(=O)O)cc1. The molecule has 0 spiro atoms. The second-order valence-electron chi connectivity index (χ2n) is 6.79. The molecule has 2 atom stereocenters. The second-order valence-corrected chi connectivity index (χ2v) is 6.79. The number of benzene rings is 1. The van der Waals surface area contributed by atoms with Crippen LogP contribution in [0.3, 0.4) is 0 Å². The number of aromatic carboxylic acids is 1. The van der Waals surface area contributed by atoms with Crippen molar-refractivity contribution in [2.75, 3.05) is 13.7 Å². The lowest BCUT2D eigenvalue weighted by Gasteiger charge is -2.29. The minimum Gasteiger partial charge on any atom is -0.493 e. The molecule has 1 aromatic carbocycles. The van der Waals surface area contributed by atoms with Crippen LogP contribution in [0.5, 0.6) is 5.75 Å². The van der Waals surface area contributed by atoms with E-state index in [0.29, 0.717) is 23.6 Å². The number of methoxy groups -OCH3 is 1. The first-order chi connectivity index (χ1) is 13.0. The number of hydrogen-bond acceptors (Lipinski definition) is 6. The fourth-order valence-corrected chi connectivity index (χ4v) is 3.59. The van der Waals surface area contributed by atoms with Gasteiger partial charge < -0.3 is 19.1 Å². The first kappa shape index (κ1) is 18.9. The maximum absolute atomic E-state index is 11.9. The smallest absolute Gasteiger partial charge is 0.341 e. The number of aryl methyl sites for hydroxylation is 1. The van der Waals surface area contributed by atoms with Crippen LogP contribution in [0.1, 0.15) is 41.7 Å². The molecule has 144 valence electrons. The number of carbonyl (C=O) groups excluding carboxylic acids is 1. The average molecular weight is 373 g/mol. The van der Waals surface area contributed by atoms with Gasteiger partial charge in [-0.3, -0.25) is 4.79 Å². The van der Waals surface area contributed by atoms with Crippen molar-refractivity contribution >= 4 is 11.9 Å². The van der Waals surface area contributed by atoms with Crippen molar-refractivity contribution in [1.82, 2.24) is 5.16 Å². The predicted octanol–water partition coefficient (Wildman–Crippen LogP) is 3.71. The molecular formula is C20H23NO6. The Kier molecular flexibility index (Phi) is 5.78. The molecule has 1 aliphatic carbocycles. The topological polar surface area (TPSA) is 98.9 Å². The summed E-state index contributed by atoms with van der Waals surface area (Å²) in [6, 6.07) is 6.99. The molecule has 0 aliphatic heterocycles. The van der Waals surface area contributed by atoms with Gasteiger partial charge in [-0.25, -0.2) is 4.79 Å². The van der Waals surface area contributed by atoms with E-state index in [9.17, 15) is 14.7 Å². The van der Waals surface area contributed by atoms with Gasteiger partial charge in [-0.2, -0.15) is 0 Å². The number of carboxylic acids is 1. The van der Waals surface area contributed by atoms with Gasteiger partial charge in [-0.15, -0.1) is 0 Å². The standard InChI is InChI=1S/C20H23NO6/c1-12-17(19(22)23)18(27-21-12)13-7-9-15(10-8-13)26-11-14-5-3-4-6-16(14)20(24)25-2/h7-10,14,16H,3-6,11H2,1-2H3,(H,22,23)/t14-,16+/m1/s1. The molecule has 7 nitrogen and oxygen atoms in total. The van der Waals surface area contributed by atoms with E-state index in [2.05, 4.69) is 5.16 Å². The van der Waals surface area contributed by atoms with Gasteiger partial charge in [0.05, 0.1) is 25.3 Å². The van der Waals surface area contributed by atoms with Gasteiger partial charge in [0.15, 0.2) is 5.76 Å². The number of aromatic nitrogens is 1. The number of hydrogen-bond donors (Lipinski definition) is 1. The van der Waals surface area contributed by atoms with E-state index in [1.54, 1.807) is 31.2 Å². The highest BCUT2D eigenvalue weighted by atomic mass is 16.5. The van der Waals surface area contributed by atoms with E-state index in [1.165, 1.54) is 7.11 Å². The van der Waals surface area contributed by atoms with Crippen molar-refractivity contribution < 1.29 is 28.7 Å². The number of esters is 1. The van der Waals surface area contributed by atoms with Crippen molar-refractivity contribution in [2.24, 2.45) is 11.8 Å². The van der Waals surface area contributed by atoms with E-state index >= 15 is 0 Å². The lowest BCUT2D eigenvalue weighted by Crippen LogP contribution is -2.32. The van der Waals surface area contributed by atoms with Gasteiger partial charge in [0.25, 0.3) is 0 Å². The summed E-state index contributed by atoms with van der Waals surface area (Å²) in [7, 11) is 1.42. The molecule has 0 unspecified atom stereocenters. The summed E-state index contributed by atoms with van der Waals surface area (Å²) >= 11 is 0. The van der Waals surface area contributed by atoms with Crippen molar-refractivity contribution in [3.8, 4) is 17.1 Å². The van der Waals surface area contributed by atoms with Crippen molar-refractivity contribution in [1.29, 1.82) is 0 Å². The lowest BCUT2D eigenvalue weighted by molar-refractivity contribution is -0.149. The van der Waals surface area contributed by atoms with Crippen molar-refractivity contribution in [3.63, 3.8) is 0 Å². The summed E-state index contributed by atoms with van der Waals surface area (Å²) in [5.41, 5.74) is 1.02. The van der Waals surface area contributed by atoms with Crippen molar-refractivity contribution in [2.45, 2.75) is 32.6 Å². The zero-order valence-corrected chi connectivity index (χ0v) is 15.4. The van der Waals surface area contributed by atoms with Crippen LogP contribution >= 0.6 is 0 Å². The highest BCUT2D eigenvalue weighted by Crippen LogP contribution is 2.32.